The first-order valence-corrected chi connectivity index (χ1v) is 20.5. The van der Waals surface area contributed by atoms with Crippen LogP contribution >= 0.6 is 0 Å². The van der Waals surface area contributed by atoms with Gasteiger partial charge in [0.05, 0.1) is 11.4 Å². The van der Waals surface area contributed by atoms with Gasteiger partial charge in [-0.2, -0.15) is 0 Å². The lowest BCUT2D eigenvalue weighted by molar-refractivity contribution is 0.630. The van der Waals surface area contributed by atoms with Gasteiger partial charge in [-0.15, -0.1) is 0 Å². The molecule has 0 N–H and O–H groups in total. The number of benzene rings is 6. The number of anilines is 3. The average Bonchev–Trinajstić information content (AvgIpc) is 3.61. The van der Waals surface area contributed by atoms with Crippen molar-refractivity contribution < 1.29 is 4.42 Å². The predicted molar refractivity (Wildman–Crippen MR) is 225 cm³/mol. The molecule has 0 aliphatic carbocycles. The Morgan fingerprint density at radius 1 is 0.537 bits per heavy atom. The number of para-hydroxylation sites is 1. The third-order valence-electron chi connectivity index (χ3n) is 11.3. The van der Waals surface area contributed by atoms with E-state index in [2.05, 4.69) is 183 Å². The van der Waals surface area contributed by atoms with Crippen LogP contribution in [-0.2, 0) is 5.41 Å². The quantitative estimate of drug-likeness (QED) is 0.127. The second-order valence-electron chi connectivity index (χ2n) is 14.6. The van der Waals surface area contributed by atoms with Crippen LogP contribution < -0.4 is 25.6 Å². The number of rotatable bonds is 6. The molecule has 0 unspecified atom stereocenters. The molecule has 258 valence electrons. The van der Waals surface area contributed by atoms with Crippen molar-refractivity contribution in [2.75, 3.05) is 4.90 Å². The monoisotopic (exact) mass is 711 g/mol. The number of furan rings is 1. The van der Waals surface area contributed by atoms with E-state index in [9.17, 15) is 0 Å². The Hall–Kier alpha value is -6.56. The SMILES string of the molecule is CC1(C)c2cccnc2N(c2cccc([Si](c3ccccc3)(c3ccccc3)c3cccc(-c4ccccn4)c3)c2)c2ccc3oc4ccccc4c3c21. The van der Waals surface area contributed by atoms with Crippen molar-refractivity contribution in [3.05, 3.63) is 199 Å². The van der Waals surface area contributed by atoms with Crippen LogP contribution in [0.1, 0.15) is 25.0 Å². The molecular weight excluding hydrogens is 675 g/mol. The normalized spacial score (nSPS) is 13.5. The highest BCUT2D eigenvalue weighted by Gasteiger charge is 2.44. The summed E-state index contributed by atoms with van der Waals surface area (Å²) < 4.78 is 6.46. The molecule has 9 aromatic rings. The van der Waals surface area contributed by atoms with E-state index in [0.717, 1.165) is 50.4 Å². The van der Waals surface area contributed by atoms with Crippen molar-refractivity contribution in [3.8, 4) is 11.3 Å². The fourth-order valence-electron chi connectivity index (χ4n) is 8.90. The van der Waals surface area contributed by atoms with Crippen molar-refractivity contribution in [2.24, 2.45) is 0 Å². The molecule has 5 heteroatoms. The second kappa shape index (κ2) is 12.5. The Bertz CT molecular complexity index is 2770. The zero-order valence-electron chi connectivity index (χ0n) is 30.1. The van der Waals surface area contributed by atoms with Gasteiger partial charge < -0.3 is 4.42 Å². The van der Waals surface area contributed by atoms with Gasteiger partial charge in [0.2, 0.25) is 0 Å². The maximum Gasteiger partial charge on any atom is 0.179 e. The number of aromatic nitrogens is 2. The molecule has 0 amide bonds. The molecule has 4 nitrogen and oxygen atoms in total. The number of hydrogen-bond acceptors (Lipinski definition) is 4. The first kappa shape index (κ1) is 32.1. The highest BCUT2D eigenvalue weighted by atomic mass is 28.3. The maximum absolute atomic E-state index is 6.46. The fraction of sp³-hybridized carbons (Fsp3) is 0.0612. The Labute approximate surface area is 316 Å². The van der Waals surface area contributed by atoms with E-state index in [1.165, 1.54) is 31.9 Å². The summed E-state index contributed by atoms with van der Waals surface area (Å²) >= 11 is 0. The van der Waals surface area contributed by atoms with E-state index in [0.29, 0.717) is 0 Å². The van der Waals surface area contributed by atoms with Gasteiger partial charge in [0.25, 0.3) is 0 Å². The molecule has 54 heavy (non-hydrogen) atoms. The van der Waals surface area contributed by atoms with E-state index in [1.54, 1.807) is 0 Å². The number of nitrogens with zero attached hydrogens (tertiary/aromatic N) is 3. The zero-order valence-corrected chi connectivity index (χ0v) is 31.1. The summed E-state index contributed by atoms with van der Waals surface area (Å²) in [6.45, 7) is 4.64. The molecule has 1 aliphatic rings. The number of pyridine rings is 2. The van der Waals surface area contributed by atoms with Crippen molar-refractivity contribution in [2.45, 2.75) is 19.3 Å². The van der Waals surface area contributed by atoms with E-state index >= 15 is 0 Å². The van der Waals surface area contributed by atoms with Crippen LogP contribution in [0.2, 0.25) is 0 Å². The first-order valence-electron chi connectivity index (χ1n) is 18.5. The van der Waals surface area contributed by atoms with Gasteiger partial charge >= 0.3 is 0 Å². The minimum atomic E-state index is -2.93. The van der Waals surface area contributed by atoms with Gasteiger partial charge in [-0.25, -0.2) is 4.98 Å². The molecule has 0 fully saturated rings. The summed E-state index contributed by atoms with van der Waals surface area (Å²) in [4.78, 5) is 12.2. The van der Waals surface area contributed by atoms with Crippen LogP contribution in [0, 0.1) is 0 Å². The molecule has 0 spiro atoms. The standard InChI is InChI=1S/C49H37N3OSi/c1-49(2)41-25-15-31-51-48(41)52(43-28-29-45-46(47(43)49)40-24-9-10-27-44(40)53-45)35-17-14-23-39(33-35)54(36-18-5-3-6-19-36,37-20-7-4-8-21-37)38-22-13-16-34(32-38)42-26-11-12-30-50-42/h3-33H,1-2H3. The van der Waals surface area contributed by atoms with Gasteiger partial charge in [0.1, 0.15) is 17.0 Å². The number of hydrogen-bond donors (Lipinski definition) is 0. The highest BCUT2D eigenvalue weighted by Crippen LogP contribution is 2.54. The maximum atomic E-state index is 6.46. The van der Waals surface area contributed by atoms with Crippen LogP contribution in [-0.4, -0.2) is 18.0 Å². The first-order chi connectivity index (χ1) is 26.5. The third-order valence-corrected chi connectivity index (χ3v) is 16.0. The summed E-state index contributed by atoms with van der Waals surface area (Å²) in [6, 6.07) is 63.6. The highest BCUT2D eigenvalue weighted by molar-refractivity contribution is 7.20. The van der Waals surface area contributed by atoms with Gasteiger partial charge in [-0.3, -0.25) is 9.88 Å². The van der Waals surface area contributed by atoms with E-state index in [4.69, 9.17) is 14.4 Å². The molecule has 3 aromatic heterocycles. The molecule has 0 atom stereocenters. The smallest absolute Gasteiger partial charge is 0.179 e. The fourth-order valence-corrected chi connectivity index (χ4v) is 13.7. The van der Waals surface area contributed by atoms with Crippen LogP contribution in [0.4, 0.5) is 17.2 Å². The lowest BCUT2D eigenvalue weighted by Gasteiger charge is -2.42. The summed E-state index contributed by atoms with van der Waals surface area (Å²) in [5, 5.41) is 7.51. The summed E-state index contributed by atoms with van der Waals surface area (Å²) in [5.74, 6) is 0.947. The molecule has 0 saturated heterocycles. The third kappa shape index (κ3) is 4.82. The molecule has 4 heterocycles. The molecule has 1 aliphatic heterocycles. The minimum Gasteiger partial charge on any atom is -0.456 e. The summed E-state index contributed by atoms with van der Waals surface area (Å²) in [5.41, 5.74) is 8.14. The van der Waals surface area contributed by atoms with Crippen LogP contribution in [0.15, 0.2) is 193 Å². The molecule has 0 radical (unpaired) electrons. The minimum absolute atomic E-state index is 0.336. The van der Waals surface area contributed by atoms with Crippen molar-refractivity contribution >= 4 is 68.0 Å². The zero-order chi connectivity index (χ0) is 36.3. The average molecular weight is 712 g/mol. The van der Waals surface area contributed by atoms with Crippen LogP contribution in [0.25, 0.3) is 33.2 Å². The lowest BCUT2D eigenvalue weighted by atomic mass is 9.73. The number of fused-ring (bicyclic) bond motifs is 6. The van der Waals surface area contributed by atoms with Crippen LogP contribution in [0.3, 0.4) is 0 Å². The second-order valence-corrected chi connectivity index (χ2v) is 18.4. The van der Waals surface area contributed by atoms with E-state index < -0.39 is 8.07 Å². The summed E-state index contributed by atoms with van der Waals surface area (Å²) in [7, 11) is -2.93. The van der Waals surface area contributed by atoms with Gasteiger partial charge in [-0.1, -0.05) is 141 Å². The Balaban J connectivity index is 1.27. The van der Waals surface area contributed by atoms with Crippen LogP contribution in [0.5, 0.6) is 0 Å². The van der Waals surface area contributed by atoms with Crippen molar-refractivity contribution in [1.82, 2.24) is 9.97 Å². The van der Waals surface area contributed by atoms with E-state index in [1.807, 2.05) is 24.5 Å². The van der Waals surface area contributed by atoms with E-state index in [-0.39, 0.29) is 5.41 Å². The predicted octanol–water partition coefficient (Wildman–Crippen LogP) is 9.53. The van der Waals surface area contributed by atoms with Gasteiger partial charge in [0.15, 0.2) is 8.07 Å². The Morgan fingerprint density at radius 3 is 1.96 bits per heavy atom. The molecule has 10 rings (SSSR count). The van der Waals surface area contributed by atoms with Crippen molar-refractivity contribution in [3.63, 3.8) is 0 Å². The molecule has 0 saturated carbocycles. The summed E-state index contributed by atoms with van der Waals surface area (Å²) in [6.07, 6.45) is 3.78. The van der Waals surface area contributed by atoms with Gasteiger partial charge in [0, 0.05) is 45.4 Å². The largest absolute Gasteiger partial charge is 0.456 e. The Morgan fingerprint density at radius 2 is 1.20 bits per heavy atom. The van der Waals surface area contributed by atoms with Gasteiger partial charge in [-0.05, 0) is 74.8 Å². The molecule has 6 aromatic carbocycles. The van der Waals surface area contributed by atoms with Crippen molar-refractivity contribution in [1.29, 1.82) is 0 Å². The molecular formula is C49H37N3OSi. The Kier molecular flexibility index (Phi) is 7.46. The molecule has 0 bridgehead atoms. The lowest BCUT2D eigenvalue weighted by Crippen LogP contribution is -2.74. The topological polar surface area (TPSA) is 42.2 Å².